The number of aromatic nitrogens is 2. The van der Waals surface area contributed by atoms with E-state index in [1.807, 2.05) is 11.3 Å². The molecule has 0 aliphatic rings. The highest BCUT2D eigenvalue weighted by molar-refractivity contribution is 7.25. The Balaban J connectivity index is 2.27. The van der Waals surface area contributed by atoms with Gasteiger partial charge in [0.05, 0.1) is 12.4 Å². The lowest BCUT2D eigenvalue weighted by Gasteiger charge is -2.04. The summed E-state index contributed by atoms with van der Waals surface area (Å²) in [5.41, 5.74) is 2.60. The topological polar surface area (TPSA) is 8.29 Å². The number of thiophene rings is 1. The average Bonchev–Trinajstić information content (AvgIpc) is 3.09. The smallest absolute Gasteiger partial charge is 0.232 e. The van der Waals surface area contributed by atoms with E-state index in [1.54, 1.807) is 0 Å². The van der Waals surface area contributed by atoms with Crippen molar-refractivity contribution in [3.8, 4) is 0 Å². The highest BCUT2D eigenvalue weighted by Gasteiger charge is 2.21. The molecule has 2 nitrogen and oxygen atoms in total. The second-order valence-electron chi connectivity index (χ2n) is 5.88. The summed E-state index contributed by atoms with van der Waals surface area (Å²) in [5, 5.41) is 5.44. The molecule has 5 rings (SSSR count). The van der Waals surface area contributed by atoms with E-state index in [2.05, 4.69) is 77.8 Å². The zero-order valence-corrected chi connectivity index (χ0v) is 13.3. The molecule has 0 fully saturated rings. The zero-order chi connectivity index (χ0) is 14.8. The fourth-order valence-electron chi connectivity index (χ4n) is 3.57. The third kappa shape index (κ3) is 1.37. The molecule has 0 aliphatic heterocycles. The normalized spacial score (nSPS) is 12.1. The number of fused-ring (bicyclic) bond motifs is 8. The predicted octanol–water partition coefficient (Wildman–Crippen LogP) is 4.59. The summed E-state index contributed by atoms with van der Waals surface area (Å²) in [5.74, 6) is 0. The van der Waals surface area contributed by atoms with Crippen molar-refractivity contribution in [2.75, 3.05) is 0 Å². The van der Waals surface area contributed by atoms with Gasteiger partial charge in [0, 0.05) is 20.9 Å². The van der Waals surface area contributed by atoms with Crippen LogP contribution in [0, 0.1) is 6.92 Å². The maximum absolute atomic E-state index is 2.34. The van der Waals surface area contributed by atoms with Gasteiger partial charge in [-0.05, 0) is 18.6 Å². The van der Waals surface area contributed by atoms with E-state index in [0.29, 0.717) is 0 Å². The van der Waals surface area contributed by atoms with Gasteiger partial charge >= 0.3 is 0 Å². The van der Waals surface area contributed by atoms with Crippen molar-refractivity contribution in [3.05, 3.63) is 60.4 Å². The Labute approximate surface area is 131 Å². The fraction of sp³-hybridized carbons (Fsp3) is 0.105. The lowest BCUT2D eigenvalue weighted by molar-refractivity contribution is -0.643. The Morgan fingerprint density at radius 2 is 1.77 bits per heavy atom. The molecule has 0 N–H and O–H groups in total. The average molecular weight is 303 g/mol. The highest BCUT2D eigenvalue weighted by atomic mass is 32.1. The number of rotatable bonds is 0. The Hall–Kier alpha value is -2.39. The Kier molecular flexibility index (Phi) is 2.26. The molecule has 0 spiro atoms. The molecule has 0 saturated heterocycles. The molecule has 3 heteroatoms. The number of hydrogen-bond acceptors (Lipinski definition) is 1. The summed E-state index contributed by atoms with van der Waals surface area (Å²) in [6, 6.07) is 15.4. The first kappa shape index (κ1) is 12.2. The van der Waals surface area contributed by atoms with Gasteiger partial charge in [-0.1, -0.05) is 47.7 Å². The van der Waals surface area contributed by atoms with Crippen LogP contribution in [0.25, 0.3) is 36.7 Å². The van der Waals surface area contributed by atoms with Crippen LogP contribution < -0.4 is 4.57 Å². The van der Waals surface area contributed by atoms with Crippen molar-refractivity contribution >= 4 is 48.1 Å². The van der Waals surface area contributed by atoms with Gasteiger partial charge in [-0.3, -0.25) is 0 Å². The third-order valence-corrected chi connectivity index (χ3v) is 5.73. The van der Waals surface area contributed by atoms with E-state index in [-0.39, 0.29) is 0 Å². The summed E-state index contributed by atoms with van der Waals surface area (Å²) in [6.45, 7) is 2.20. The van der Waals surface area contributed by atoms with Gasteiger partial charge in [0.25, 0.3) is 5.65 Å². The quantitative estimate of drug-likeness (QED) is 0.370. The SMILES string of the molecule is Cc1cccc2c1c1n(cc[n+]1C)c1sc3ccccc3c21. The van der Waals surface area contributed by atoms with Gasteiger partial charge < -0.3 is 0 Å². The third-order valence-electron chi connectivity index (χ3n) is 4.56. The van der Waals surface area contributed by atoms with Gasteiger partial charge in [0.15, 0.2) is 4.83 Å². The summed E-state index contributed by atoms with van der Waals surface area (Å²) >= 11 is 1.87. The monoisotopic (exact) mass is 303 g/mol. The van der Waals surface area contributed by atoms with Crippen molar-refractivity contribution in [2.45, 2.75) is 6.92 Å². The number of aryl methyl sites for hydroxylation is 2. The molecule has 2 aromatic carbocycles. The standard InChI is InChI=1S/C19H15N2S/c1-12-6-5-8-14-16(12)18-20(2)10-11-21(18)19-17(14)13-7-3-4-9-15(13)22-19/h3-11H,1-2H3/q+1. The van der Waals surface area contributed by atoms with Crippen LogP contribution >= 0.6 is 11.3 Å². The van der Waals surface area contributed by atoms with E-state index >= 15 is 0 Å². The molecule has 3 aromatic heterocycles. The zero-order valence-electron chi connectivity index (χ0n) is 12.5. The van der Waals surface area contributed by atoms with Gasteiger partial charge in [-0.25, -0.2) is 4.57 Å². The second kappa shape index (κ2) is 4.08. The van der Waals surface area contributed by atoms with Crippen LogP contribution in [-0.4, -0.2) is 4.40 Å². The van der Waals surface area contributed by atoms with Crippen molar-refractivity contribution in [1.82, 2.24) is 4.40 Å². The maximum Gasteiger partial charge on any atom is 0.295 e. The number of pyridine rings is 1. The van der Waals surface area contributed by atoms with Crippen LogP contribution in [0.2, 0.25) is 0 Å². The Morgan fingerprint density at radius 3 is 2.68 bits per heavy atom. The van der Waals surface area contributed by atoms with E-state index in [1.165, 1.54) is 42.3 Å². The number of nitrogens with zero attached hydrogens (tertiary/aromatic N) is 2. The minimum atomic E-state index is 1.27. The van der Waals surface area contributed by atoms with Crippen LogP contribution in [0.1, 0.15) is 5.56 Å². The minimum Gasteiger partial charge on any atom is -0.232 e. The first-order valence-electron chi connectivity index (χ1n) is 7.45. The summed E-state index contributed by atoms with van der Waals surface area (Å²) in [7, 11) is 2.13. The molecule has 0 saturated carbocycles. The number of hydrogen-bond donors (Lipinski definition) is 0. The van der Waals surface area contributed by atoms with Crippen molar-refractivity contribution < 1.29 is 4.57 Å². The van der Waals surface area contributed by atoms with E-state index in [4.69, 9.17) is 0 Å². The predicted molar refractivity (Wildman–Crippen MR) is 93.7 cm³/mol. The second-order valence-corrected chi connectivity index (χ2v) is 6.91. The van der Waals surface area contributed by atoms with Gasteiger partial charge in [-0.15, -0.1) is 0 Å². The van der Waals surface area contributed by atoms with E-state index in [9.17, 15) is 0 Å². The molecular formula is C19H15N2S+. The molecule has 0 bridgehead atoms. The van der Waals surface area contributed by atoms with Gasteiger partial charge in [0.1, 0.15) is 12.4 Å². The summed E-state index contributed by atoms with van der Waals surface area (Å²) in [4.78, 5) is 1.33. The molecule has 0 unspecified atom stereocenters. The molecule has 0 aliphatic carbocycles. The minimum absolute atomic E-state index is 1.27. The first-order valence-corrected chi connectivity index (χ1v) is 8.26. The molecular weight excluding hydrogens is 288 g/mol. The first-order chi connectivity index (χ1) is 10.8. The van der Waals surface area contributed by atoms with Crippen LogP contribution in [0.4, 0.5) is 0 Å². The number of imidazole rings is 1. The van der Waals surface area contributed by atoms with Gasteiger partial charge in [-0.2, -0.15) is 4.40 Å². The summed E-state index contributed by atoms with van der Waals surface area (Å²) < 4.78 is 5.92. The molecule has 0 amide bonds. The van der Waals surface area contributed by atoms with Crippen molar-refractivity contribution in [2.24, 2.45) is 7.05 Å². The fourth-order valence-corrected chi connectivity index (χ4v) is 4.78. The molecule has 106 valence electrons. The molecule has 3 heterocycles. The molecule has 0 radical (unpaired) electrons. The molecule has 5 aromatic rings. The molecule has 0 atom stereocenters. The molecule has 22 heavy (non-hydrogen) atoms. The van der Waals surface area contributed by atoms with E-state index in [0.717, 1.165) is 0 Å². The van der Waals surface area contributed by atoms with Crippen LogP contribution in [0.15, 0.2) is 54.9 Å². The lowest BCUT2D eigenvalue weighted by atomic mass is 10.0. The highest BCUT2D eigenvalue weighted by Crippen LogP contribution is 2.40. The van der Waals surface area contributed by atoms with Crippen LogP contribution in [-0.2, 0) is 7.05 Å². The van der Waals surface area contributed by atoms with Crippen molar-refractivity contribution in [3.63, 3.8) is 0 Å². The number of benzene rings is 2. The van der Waals surface area contributed by atoms with Crippen molar-refractivity contribution in [1.29, 1.82) is 0 Å². The van der Waals surface area contributed by atoms with E-state index < -0.39 is 0 Å². The largest absolute Gasteiger partial charge is 0.295 e. The Bertz CT molecular complexity index is 1190. The van der Waals surface area contributed by atoms with Crippen LogP contribution in [0.5, 0.6) is 0 Å². The Morgan fingerprint density at radius 1 is 0.955 bits per heavy atom. The van der Waals surface area contributed by atoms with Crippen LogP contribution in [0.3, 0.4) is 0 Å². The maximum atomic E-state index is 2.34. The summed E-state index contributed by atoms with van der Waals surface area (Å²) in [6.07, 6.45) is 4.32. The van der Waals surface area contributed by atoms with Gasteiger partial charge in [0.2, 0.25) is 0 Å². The lowest BCUT2D eigenvalue weighted by Crippen LogP contribution is -2.26.